The molecule has 0 aliphatic heterocycles. The van der Waals surface area contributed by atoms with E-state index in [0.717, 1.165) is 18.2 Å². The maximum absolute atomic E-state index is 10.7. The van der Waals surface area contributed by atoms with Crippen LogP contribution in [-0.4, -0.2) is 27.1 Å². The summed E-state index contributed by atoms with van der Waals surface area (Å²) in [5, 5.41) is 27.8. The van der Waals surface area contributed by atoms with E-state index in [1.807, 2.05) is 0 Å². The summed E-state index contributed by atoms with van der Waals surface area (Å²) >= 11 is 0. The molecular weight excluding hydrogens is 401 g/mol. The summed E-state index contributed by atoms with van der Waals surface area (Å²) in [6, 6.07) is 3.06. The van der Waals surface area contributed by atoms with Gasteiger partial charge in [0, 0.05) is 6.07 Å². The van der Waals surface area contributed by atoms with Crippen LogP contribution in [0.5, 0.6) is 0 Å². The summed E-state index contributed by atoms with van der Waals surface area (Å²) in [6.07, 6.45) is 0. The van der Waals surface area contributed by atoms with Crippen molar-refractivity contribution < 1.29 is 45.8 Å². The van der Waals surface area contributed by atoms with Crippen LogP contribution in [0.15, 0.2) is 18.2 Å². The van der Waals surface area contributed by atoms with Crippen LogP contribution in [0, 0.1) is 10.1 Å². The average molecular weight is 406 g/mol. The third kappa shape index (κ3) is 2.64. The molecule has 2 N–H and O–H groups in total. The largest absolute Gasteiger partial charge is 2.00 e. The van der Waals surface area contributed by atoms with Gasteiger partial charge < -0.3 is 10.2 Å². The van der Waals surface area contributed by atoms with Crippen LogP contribution in [0.3, 0.4) is 0 Å². The Balaban J connectivity index is 0.00000225. The number of aromatic carboxylic acids is 2. The summed E-state index contributed by atoms with van der Waals surface area (Å²) in [5.74, 6) is -3.16. The van der Waals surface area contributed by atoms with Crippen molar-refractivity contribution in [3.63, 3.8) is 0 Å². The number of rotatable bonds is 3. The van der Waals surface area contributed by atoms with Gasteiger partial charge in [-0.05, 0) is 6.07 Å². The molecule has 0 saturated carbocycles. The van der Waals surface area contributed by atoms with Crippen molar-refractivity contribution in [2.45, 2.75) is 0 Å². The van der Waals surface area contributed by atoms with Crippen molar-refractivity contribution in [1.82, 2.24) is 0 Å². The first kappa shape index (κ1) is 14.2. The van der Waals surface area contributed by atoms with E-state index in [-0.39, 0.29) is 21.1 Å². The van der Waals surface area contributed by atoms with E-state index in [0.29, 0.717) is 0 Å². The van der Waals surface area contributed by atoms with Crippen molar-refractivity contribution in [3.8, 4) is 0 Å². The first-order valence-electron chi connectivity index (χ1n) is 3.69. The molecule has 0 unspecified atom stereocenters. The van der Waals surface area contributed by atoms with Gasteiger partial charge in [0.2, 0.25) is 0 Å². The zero-order valence-corrected chi connectivity index (χ0v) is 9.80. The first-order valence-corrected chi connectivity index (χ1v) is 3.69. The summed E-state index contributed by atoms with van der Waals surface area (Å²) in [6.45, 7) is 0. The fourth-order valence-electron chi connectivity index (χ4n) is 1.10. The SMILES string of the molecule is O=C(O)c1cccc([N+](=O)[O-])c1C(=O)O.[Pt+2]. The number of benzene rings is 1. The molecule has 0 aliphatic carbocycles. The van der Waals surface area contributed by atoms with E-state index in [2.05, 4.69) is 0 Å². The van der Waals surface area contributed by atoms with Gasteiger partial charge in [0.05, 0.1) is 10.5 Å². The molecule has 0 aliphatic rings. The molecule has 7 nitrogen and oxygen atoms in total. The zero-order valence-electron chi connectivity index (χ0n) is 7.52. The van der Waals surface area contributed by atoms with Crippen LogP contribution in [0.4, 0.5) is 5.69 Å². The normalized spacial score (nSPS) is 9.00. The van der Waals surface area contributed by atoms with E-state index in [1.165, 1.54) is 0 Å². The molecule has 0 atom stereocenters. The third-order valence-corrected chi connectivity index (χ3v) is 1.68. The van der Waals surface area contributed by atoms with Crippen molar-refractivity contribution in [3.05, 3.63) is 39.4 Å². The standard InChI is InChI=1S/C8H5NO6.Pt/c10-7(11)4-2-1-3-5(9(14)15)6(4)8(12)13;/h1-3H,(H,10,11)(H,12,13);/q;+2. The summed E-state index contributed by atoms with van der Waals surface area (Å²) < 4.78 is 0. The van der Waals surface area contributed by atoms with Gasteiger partial charge in [-0.1, -0.05) is 6.07 Å². The number of nitro groups is 1. The van der Waals surface area contributed by atoms with E-state index in [1.54, 1.807) is 0 Å². The molecule has 86 valence electrons. The van der Waals surface area contributed by atoms with Crippen LogP contribution in [0.1, 0.15) is 20.7 Å². The van der Waals surface area contributed by atoms with E-state index < -0.39 is 33.7 Å². The fourth-order valence-corrected chi connectivity index (χ4v) is 1.10. The Hall–Kier alpha value is -1.75. The van der Waals surface area contributed by atoms with Gasteiger partial charge in [-0.15, -0.1) is 0 Å². The predicted octanol–water partition coefficient (Wildman–Crippen LogP) is 0.989. The number of carbonyl (C=O) groups is 2. The van der Waals surface area contributed by atoms with Crippen LogP contribution in [0.25, 0.3) is 0 Å². The Bertz CT molecular complexity index is 426. The van der Waals surface area contributed by atoms with Gasteiger partial charge in [0.25, 0.3) is 5.69 Å². The monoisotopic (exact) mass is 406 g/mol. The minimum Gasteiger partial charge on any atom is -0.478 e. The van der Waals surface area contributed by atoms with E-state index in [4.69, 9.17) is 10.2 Å². The minimum absolute atomic E-state index is 0. The first-order chi connectivity index (χ1) is 6.95. The number of carboxylic acid groups (broad SMARTS) is 2. The average Bonchev–Trinajstić information content (AvgIpc) is 2.16. The van der Waals surface area contributed by atoms with Gasteiger partial charge in [0.1, 0.15) is 0 Å². The number of hydrogen-bond acceptors (Lipinski definition) is 4. The Kier molecular flexibility index (Phi) is 4.78. The van der Waals surface area contributed by atoms with Crippen LogP contribution in [-0.2, 0) is 21.1 Å². The molecule has 0 amide bonds. The van der Waals surface area contributed by atoms with Crippen molar-refractivity contribution in [2.75, 3.05) is 0 Å². The van der Waals surface area contributed by atoms with E-state index in [9.17, 15) is 19.7 Å². The Morgan fingerprint density at radius 3 is 2.12 bits per heavy atom. The van der Waals surface area contributed by atoms with Crippen LogP contribution >= 0.6 is 0 Å². The summed E-state index contributed by atoms with van der Waals surface area (Å²) in [5.41, 5.74) is -2.14. The second-order valence-electron chi connectivity index (χ2n) is 2.57. The number of carboxylic acids is 2. The van der Waals surface area contributed by atoms with Crippen LogP contribution < -0.4 is 0 Å². The second-order valence-corrected chi connectivity index (χ2v) is 2.57. The number of nitro benzene ring substituents is 1. The third-order valence-electron chi connectivity index (χ3n) is 1.68. The molecule has 0 bridgehead atoms. The Morgan fingerprint density at radius 2 is 1.75 bits per heavy atom. The minimum atomic E-state index is -1.64. The summed E-state index contributed by atoms with van der Waals surface area (Å²) in [7, 11) is 0. The fraction of sp³-hybridized carbons (Fsp3) is 0. The molecule has 0 saturated heterocycles. The number of nitrogens with zero attached hydrogens (tertiary/aromatic N) is 1. The molecule has 1 aromatic carbocycles. The van der Waals surface area contributed by atoms with Gasteiger partial charge in [-0.3, -0.25) is 10.1 Å². The quantitative estimate of drug-likeness (QED) is 0.571. The molecule has 0 heterocycles. The maximum atomic E-state index is 10.7. The molecule has 8 heteroatoms. The molecule has 1 rings (SSSR count). The maximum Gasteiger partial charge on any atom is 2.00 e. The molecule has 0 aromatic heterocycles. The molecule has 16 heavy (non-hydrogen) atoms. The van der Waals surface area contributed by atoms with Crippen molar-refractivity contribution in [2.24, 2.45) is 0 Å². The molecule has 0 fully saturated rings. The van der Waals surface area contributed by atoms with Crippen molar-refractivity contribution >= 4 is 17.6 Å². The Morgan fingerprint density at radius 1 is 1.19 bits per heavy atom. The van der Waals surface area contributed by atoms with Gasteiger partial charge >= 0.3 is 33.0 Å². The zero-order chi connectivity index (χ0) is 11.6. The summed E-state index contributed by atoms with van der Waals surface area (Å²) in [4.78, 5) is 30.8. The molecule has 0 spiro atoms. The smallest absolute Gasteiger partial charge is 0.478 e. The van der Waals surface area contributed by atoms with Gasteiger partial charge in [-0.25, -0.2) is 9.59 Å². The molecule has 0 radical (unpaired) electrons. The second kappa shape index (κ2) is 5.36. The van der Waals surface area contributed by atoms with Gasteiger partial charge in [0.15, 0.2) is 5.56 Å². The van der Waals surface area contributed by atoms with E-state index >= 15 is 0 Å². The Labute approximate surface area is 103 Å². The number of hydrogen-bond donors (Lipinski definition) is 2. The topological polar surface area (TPSA) is 118 Å². The van der Waals surface area contributed by atoms with Crippen LogP contribution in [0.2, 0.25) is 0 Å². The van der Waals surface area contributed by atoms with Gasteiger partial charge in [-0.2, -0.15) is 0 Å². The van der Waals surface area contributed by atoms with Crippen molar-refractivity contribution in [1.29, 1.82) is 0 Å². The molecular formula is C8H5NO6Pt+2. The predicted molar refractivity (Wildman–Crippen MR) is 47.0 cm³/mol. The molecule has 1 aromatic rings.